The van der Waals surface area contributed by atoms with Crippen LogP contribution in [0.5, 0.6) is 5.75 Å². The predicted molar refractivity (Wildman–Crippen MR) is 110 cm³/mol. The molecule has 0 radical (unpaired) electrons. The molecule has 0 aromatic heterocycles. The van der Waals surface area contributed by atoms with Gasteiger partial charge in [-0.25, -0.2) is 0 Å². The molecule has 2 aromatic rings. The molecule has 1 amide bonds. The summed E-state index contributed by atoms with van der Waals surface area (Å²) in [6.45, 7) is -0.517. The Balaban J connectivity index is 1.83. The SMILES string of the molecule is O=C(NCC1(c2cccc(Cl)c2)CCOCC1)c1cc(OCC(F)(F)F)ccc1[N+](=O)[O-]. The van der Waals surface area contributed by atoms with Crippen LogP contribution in [0.3, 0.4) is 0 Å². The number of amides is 1. The molecule has 32 heavy (non-hydrogen) atoms. The van der Waals surface area contributed by atoms with Crippen molar-refractivity contribution in [3.05, 3.63) is 68.7 Å². The van der Waals surface area contributed by atoms with Crippen molar-refractivity contribution in [3.63, 3.8) is 0 Å². The third-order valence-corrected chi connectivity index (χ3v) is 5.52. The van der Waals surface area contributed by atoms with Crippen LogP contribution in [0.4, 0.5) is 18.9 Å². The molecule has 0 aliphatic carbocycles. The van der Waals surface area contributed by atoms with E-state index in [0.717, 1.165) is 23.8 Å². The maximum Gasteiger partial charge on any atom is 0.422 e. The molecule has 0 bridgehead atoms. The van der Waals surface area contributed by atoms with Gasteiger partial charge in [0.2, 0.25) is 0 Å². The number of hydrogen-bond acceptors (Lipinski definition) is 5. The van der Waals surface area contributed by atoms with E-state index in [-0.39, 0.29) is 17.9 Å². The van der Waals surface area contributed by atoms with Crippen molar-refractivity contribution in [1.82, 2.24) is 5.32 Å². The second kappa shape index (κ2) is 9.74. The van der Waals surface area contributed by atoms with E-state index in [1.165, 1.54) is 0 Å². The minimum absolute atomic E-state index is 0.139. The lowest BCUT2D eigenvalue weighted by Gasteiger charge is -2.38. The van der Waals surface area contributed by atoms with E-state index in [1.807, 2.05) is 6.07 Å². The predicted octanol–water partition coefficient (Wildman–Crippen LogP) is 4.67. The zero-order valence-electron chi connectivity index (χ0n) is 16.8. The van der Waals surface area contributed by atoms with Crippen molar-refractivity contribution >= 4 is 23.2 Å². The van der Waals surface area contributed by atoms with E-state index >= 15 is 0 Å². The lowest BCUT2D eigenvalue weighted by molar-refractivity contribution is -0.385. The maximum atomic E-state index is 12.9. The Labute approximate surface area is 186 Å². The highest BCUT2D eigenvalue weighted by molar-refractivity contribution is 6.30. The molecule has 1 aliphatic heterocycles. The Kier molecular flexibility index (Phi) is 7.25. The summed E-state index contributed by atoms with van der Waals surface area (Å²) in [6.07, 6.45) is -3.41. The molecule has 172 valence electrons. The van der Waals surface area contributed by atoms with E-state index in [1.54, 1.807) is 18.2 Å². The van der Waals surface area contributed by atoms with Crippen molar-refractivity contribution in [2.24, 2.45) is 0 Å². The van der Waals surface area contributed by atoms with Gasteiger partial charge < -0.3 is 14.8 Å². The molecular formula is C21H20ClF3N2O5. The second-order valence-corrected chi connectivity index (χ2v) is 7.86. The monoisotopic (exact) mass is 472 g/mol. The molecule has 1 saturated heterocycles. The van der Waals surface area contributed by atoms with Crippen LogP contribution in [0.25, 0.3) is 0 Å². The zero-order valence-corrected chi connectivity index (χ0v) is 17.5. The minimum atomic E-state index is -4.59. The van der Waals surface area contributed by atoms with Crippen LogP contribution < -0.4 is 10.1 Å². The molecule has 1 heterocycles. The first-order valence-electron chi connectivity index (χ1n) is 9.70. The molecule has 1 aliphatic rings. The first kappa shape index (κ1) is 23.8. The third-order valence-electron chi connectivity index (χ3n) is 5.29. The fourth-order valence-electron chi connectivity index (χ4n) is 3.60. The number of halogens is 4. The summed E-state index contributed by atoms with van der Waals surface area (Å²) in [4.78, 5) is 23.4. The third kappa shape index (κ3) is 5.89. The normalized spacial score (nSPS) is 15.8. The summed E-state index contributed by atoms with van der Waals surface area (Å²) >= 11 is 6.13. The standard InChI is InChI=1S/C21H20ClF3N2O5/c22-15-3-1-2-14(10-15)20(6-8-31-9-7-20)12-26-19(28)17-11-16(32-13-21(23,24)25)4-5-18(17)27(29)30/h1-5,10-11H,6-9,12-13H2,(H,26,28). The van der Waals surface area contributed by atoms with Crippen LogP contribution >= 0.6 is 11.6 Å². The van der Waals surface area contributed by atoms with Gasteiger partial charge >= 0.3 is 6.18 Å². The summed E-state index contributed by atoms with van der Waals surface area (Å²) in [7, 11) is 0. The Morgan fingerprint density at radius 3 is 2.56 bits per heavy atom. The fourth-order valence-corrected chi connectivity index (χ4v) is 3.79. The van der Waals surface area contributed by atoms with Gasteiger partial charge in [0.25, 0.3) is 11.6 Å². The Bertz CT molecular complexity index is 994. The average molecular weight is 473 g/mol. The number of carbonyl (C=O) groups excluding carboxylic acids is 1. The fraction of sp³-hybridized carbons (Fsp3) is 0.381. The van der Waals surface area contributed by atoms with E-state index in [2.05, 4.69) is 10.1 Å². The molecule has 0 atom stereocenters. The van der Waals surface area contributed by atoms with Crippen LogP contribution in [0.1, 0.15) is 28.8 Å². The number of carbonyl (C=O) groups is 1. The molecule has 0 spiro atoms. The number of nitrogens with one attached hydrogen (secondary N) is 1. The molecule has 0 saturated carbocycles. The lowest BCUT2D eigenvalue weighted by atomic mass is 9.74. The molecule has 11 heteroatoms. The topological polar surface area (TPSA) is 90.7 Å². The number of ether oxygens (including phenoxy) is 2. The number of nitrogens with zero attached hydrogens (tertiary/aromatic N) is 1. The Morgan fingerprint density at radius 2 is 1.94 bits per heavy atom. The number of nitro groups is 1. The van der Waals surface area contributed by atoms with Gasteiger partial charge in [-0.05, 0) is 42.7 Å². The van der Waals surface area contributed by atoms with Gasteiger partial charge in [0.05, 0.1) is 4.92 Å². The van der Waals surface area contributed by atoms with Crippen LogP contribution in [0.2, 0.25) is 5.02 Å². The van der Waals surface area contributed by atoms with Gasteiger partial charge in [-0.1, -0.05) is 23.7 Å². The minimum Gasteiger partial charge on any atom is -0.484 e. The number of alkyl halides is 3. The van der Waals surface area contributed by atoms with Crippen LogP contribution in [-0.2, 0) is 10.2 Å². The number of nitro benzene ring substituents is 1. The summed E-state index contributed by atoms with van der Waals surface area (Å²) in [5.74, 6) is -1.09. The summed E-state index contributed by atoms with van der Waals surface area (Å²) < 4.78 is 47.4. The second-order valence-electron chi connectivity index (χ2n) is 7.43. The smallest absolute Gasteiger partial charge is 0.422 e. The number of rotatable bonds is 7. The van der Waals surface area contributed by atoms with Crippen molar-refractivity contribution in [2.75, 3.05) is 26.4 Å². The van der Waals surface area contributed by atoms with Crippen molar-refractivity contribution < 1.29 is 32.4 Å². The van der Waals surface area contributed by atoms with Crippen molar-refractivity contribution in [1.29, 1.82) is 0 Å². The average Bonchev–Trinajstić information content (AvgIpc) is 2.76. The Morgan fingerprint density at radius 1 is 1.22 bits per heavy atom. The largest absolute Gasteiger partial charge is 0.484 e. The highest BCUT2D eigenvalue weighted by Gasteiger charge is 2.36. The van der Waals surface area contributed by atoms with Gasteiger partial charge in [-0.2, -0.15) is 13.2 Å². The molecular weight excluding hydrogens is 453 g/mol. The van der Waals surface area contributed by atoms with E-state index in [9.17, 15) is 28.1 Å². The van der Waals surface area contributed by atoms with E-state index in [0.29, 0.717) is 31.1 Å². The molecule has 0 unspecified atom stereocenters. The number of benzene rings is 2. The quantitative estimate of drug-likeness (QED) is 0.467. The molecule has 1 N–H and O–H groups in total. The van der Waals surface area contributed by atoms with Crippen LogP contribution in [0, 0.1) is 10.1 Å². The van der Waals surface area contributed by atoms with Crippen molar-refractivity contribution in [3.8, 4) is 5.75 Å². The van der Waals surface area contributed by atoms with Crippen LogP contribution in [-0.4, -0.2) is 43.4 Å². The Hall–Kier alpha value is -2.85. The summed E-state index contributed by atoms with van der Waals surface area (Å²) in [5, 5.41) is 14.6. The molecule has 1 fully saturated rings. The van der Waals surface area contributed by atoms with E-state index in [4.69, 9.17) is 16.3 Å². The molecule has 7 nitrogen and oxygen atoms in total. The van der Waals surface area contributed by atoms with Crippen LogP contribution in [0.15, 0.2) is 42.5 Å². The molecule has 2 aromatic carbocycles. The highest BCUT2D eigenvalue weighted by Crippen LogP contribution is 2.36. The number of hydrogen-bond donors (Lipinski definition) is 1. The van der Waals surface area contributed by atoms with E-state index < -0.39 is 34.7 Å². The first-order chi connectivity index (χ1) is 15.1. The summed E-state index contributed by atoms with van der Waals surface area (Å²) in [6, 6.07) is 10.1. The van der Waals surface area contributed by atoms with Gasteiger partial charge in [-0.15, -0.1) is 0 Å². The van der Waals surface area contributed by atoms with Gasteiger partial charge in [0, 0.05) is 36.3 Å². The zero-order chi connectivity index (χ0) is 23.4. The van der Waals surface area contributed by atoms with Gasteiger partial charge in [0.1, 0.15) is 11.3 Å². The first-order valence-corrected chi connectivity index (χ1v) is 10.1. The lowest BCUT2D eigenvalue weighted by Crippen LogP contribution is -2.44. The van der Waals surface area contributed by atoms with Gasteiger partial charge in [0.15, 0.2) is 6.61 Å². The summed E-state index contributed by atoms with van der Waals surface area (Å²) in [5.41, 5.74) is -0.531. The van der Waals surface area contributed by atoms with Gasteiger partial charge in [-0.3, -0.25) is 14.9 Å². The molecule has 3 rings (SSSR count). The maximum absolute atomic E-state index is 12.9. The van der Waals surface area contributed by atoms with Crippen molar-refractivity contribution in [2.45, 2.75) is 24.4 Å². The highest BCUT2D eigenvalue weighted by atomic mass is 35.5.